The number of carbonyl (C=O) groups is 1. The summed E-state index contributed by atoms with van der Waals surface area (Å²) in [4.78, 5) is 14.0. The first-order valence-corrected chi connectivity index (χ1v) is 5.26. The molecule has 1 saturated heterocycles. The van der Waals surface area contributed by atoms with Gasteiger partial charge in [0.15, 0.2) is 5.91 Å². The van der Waals surface area contributed by atoms with Crippen LogP contribution < -0.4 is 5.32 Å². The minimum Gasteiger partial charge on any atom is -0.346 e. The molecular formula is C12H15N2OY-. The molecular weight excluding hydrogens is 277 g/mol. The number of nitrogens with zero attached hydrogens (tertiary/aromatic N) is 1. The molecule has 0 saturated carbocycles. The van der Waals surface area contributed by atoms with E-state index in [4.69, 9.17) is 0 Å². The quantitative estimate of drug-likeness (QED) is 0.778. The van der Waals surface area contributed by atoms with E-state index in [1.807, 2.05) is 24.0 Å². The van der Waals surface area contributed by atoms with Crippen LogP contribution in [0.5, 0.6) is 0 Å². The molecule has 0 aromatic heterocycles. The molecule has 0 aliphatic carbocycles. The maximum atomic E-state index is 12.1. The zero-order valence-corrected chi connectivity index (χ0v) is 12.3. The predicted molar refractivity (Wildman–Crippen MR) is 58.8 cm³/mol. The Balaban J connectivity index is 0.00000128. The second-order valence-corrected chi connectivity index (χ2v) is 3.78. The molecule has 0 atom stereocenters. The molecule has 1 aliphatic rings. The van der Waals surface area contributed by atoms with Gasteiger partial charge in [-0.05, 0) is 0 Å². The van der Waals surface area contributed by atoms with E-state index in [0.29, 0.717) is 0 Å². The number of aryl methyl sites for hydroxylation is 1. The molecule has 1 aromatic rings. The smallest absolute Gasteiger partial charge is 0.198 e. The number of carbonyl (C=O) groups excluding carboxylic acids is 1. The minimum absolute atomic E-state index is 0. The summed E-state index contributed by atoms with van der Waals surface area (Å²) < 4.78 is 0. The maximum Gasteiger partial charge on any atom is 0.198 e. The Morgan fingerprint density at radius 3 is 2.75 bits per heavy atom. The molecule has 0 spiro atoms. The van der Waals surface area contributed by atoms with Crippen molar-refractivity contribution in [1.82, 2.24) is 10.2 Å². The summed E-state index contributed by atoms with van der Waals surface area (Å²) in [6, 6.07) is 8.50. The third kappa shape index (κ3) is 3.13. The fourth-order valence-corrected chi connectivity index (χ4v) is 1.78. The number of amides is 1. The number of rotatable bonds is 1. The van der Waals surface area contributed by atoms with Crippen LogP contribution >= 0.6 is 0 Å². The van der Waals surface area contributed by atoms with Gasteiger partial charge in [0.25, 0.3) is 0 Å². The second-order valence-electron chi connectivity index (χ2n) is 3.78. The van der Waals surface area contributed by atoms with E-state index < -0.39 is 0 Å². The molecule has 0 unspecified atom stereocenters. The molecule has 1 heterocycles. The van der Waals surface area contributed by atoms with Crippen LogP contribution in [-0.2, 0) is 32.7 Å². The largest absolute Gasteiger partial charge is 0.346 e. The van der Waals surface area contributed by atoms with E-state index in [9.17, 15) is 4.79 Å². The van der Waals surface area contributed by atoms with Gasteiger partial charge in [-0.3, -0.25) is 4.79 Å². The Bertz CT molecular complexity index is 362. The molecule has 3 nitrogen and oxygen atoms in total. The average molecular weight is 292 g/mol. The van der Waals surface area contributed by atoms with Crippen molar-refractivity contribution >= 4 is 5.91 Å². The molecule has 0 bridgehead atoms. The molecule has 1 aliphatic heterocycles. The van der Waals surface area contributed by atoms with Crippen LogP contribution in [0.2, 0.25) is 0 Å². The number of hydrogen-bond acceptors (Lipinski definition) is 2. The zero-order chi connectivity index (χ0) is 10.7. The summed E-state index contributed by atoms with van der Waals surface area (Å²) in [5, 5.41) is 3.23. The van der Waals surface area contributed by atoms with Crippen LogP contribution in [0.4, 0.5) is 0 Å². The Morgan fingerprint density at radius 1 is 1.44 bits per heavy atom. The van der Waals surface area contributed by atoms with Crippen molar-refractivity contribution in [3.63, 3.8) is 0 Å². The van der Waals surface area contributed by atoms with Gasteiger partial charge in [-0.15, -0.1) is 5.56 Å². The van der Waals surface area contributed by atoms with Gasteiger partial charge in [0, 0.05) is 58.9 Å². The summed E-state index contributed by atoms with van der Waals surface area (Å²) in [6.45, 7) is 5.34. The third-order valence-corrected chi connectivity index (χ3v) is 2.72. The van der Waals surface area contributed by atoms with E-state index in [0.717, 1.165) is 37.3 Å². The molecule has 2 rings (SSSR count). The van der Waals surface area contributed by atoms with Gasteiger partial charge in [-0.25, -0.2) is 0 Å². The molecule has 1 N–H and O–H groups in total. The van der Waals surface area contributed by atoms with E-state index in [2.05, 4.69) is 11.4 Å². The van der Waals surface area contributed by atoms with Crippen LogP contribution in [0.3, 0.4) is 0 Å². The van der Waals surface area contributed by atoms with Crippen molar-refractivity contribution in [1.29, 1.82) is 0 Å². The molecule has 1 fully saturated rings. The van der Waals surface area contributed by atoms with Crippen molar-refractivity contribution in [2.24, 2.45) is 0 Å². The van der Waals surface area contributed by atoms with Crippen LogP contribution in [0.25, 0.3) is 0 Å². The normalized spacial score (nSPS) is 15.4. The van der Waals surface area contributed by atoms with E-state index in [1.54, 1.807) is 6.07 Å². The molecule has 16 heavy (non-hydrogen) atoms. The first-order chi connectivity index (χ1) is 7.29. The number of hydrogen-bond donors (Lipinski definition) is 1. The number of benzene rings is 1. The van der Waals surface area contributed by atoms with E-state index in [-0.39, 0.29) is 38.6 Å². The Morgan fingerprint density at radius 2 is 2.12 bits per heavy atom. The minimum atomic E-state index is 0. The van der Waals surface area contributed by atoms with Gasteiger partial charge in [0.1, 0.15) is 0 Å². The van der Waals surface area contributed by atoms with Gasteiger partial charge < -0.3 is 10.2 Å². The Labute approximate surface area is 121 Å². The monoisotopic (exact) mass is 292 g/mol. The second kappa shape index (κ2) is 6.48. The van der Waals surface area contributed by atoms with E-state index >= 15 is 0 Å². The molecule has 4 heteroatoms. The fraction of sp³-hybridized carbons (Fsp3) is 0.417. The maximum absolute atomic E-state index is 12.1. The topological polar surface area (TPSA) is 32.3 Å². The van der Waals surface area contributed by atoms with Crippen molar-refractivity contribution in [3.05, 3.63) is 35.4 Å². The standard InChI is InChI=1S/C12H15N2O.Y/c1-10-4-2-3-5-11(10)12(15)14-8-6-13-7-9-14;/h2,4-5,13H,6-9H2,1H3;/q-1;. The zero-order valence-electron chi connectivity index (χ0n) is 9.49. The first-order valence-electron chi connectivity index (χ1n) is 5.26. The van der Waals surface area contributed by atoms with Gasteiger partial charge in [-0.2, -0.15) is 24.3 Å². The molecule has 1 radical (unpaired) electrons. The fourth-order valence-electron chi connectivity index (χ4n) is 1.78. The third-order valence-electron chi connectivity index (χ3n) is 2.72. The Kier molecular flexibility index (Phi) is 5.60. The Hall–Kier alpha value is -0.246. The summed E-state index contributed by atoms with van der Waals surface area (Å²) >= 11 is 0. The summed E-state index contributed by atoms with van der Waals surface area (Å²) in [7, 11) is 0. The SMILES string of the molecule is Cc1cc[c-]cc1C(=O)N1CCNCC1.[Y]. The number of nitrogens with one attached hydrogen (secondary N) is 1. The van der Waals surface area contributed by atoms with Gasteiger partial charge in [0.2, 0.25) is 0 Å². The van der Waals surface area contributed by atoms with Crippen molar-refractivity contribution < 1.29 is 37.5 Å². The average Bonchev–Trinajstić information content (AvgIpc) is 2.30. The van der Waals surface area contributed by atoms with Crippen molar-refractivity contribution in [2.45, 2.75) is 6.92 Å². The predicted octanol–water partition coefficient (Wildman–Crippen LogP) is 0.838. The van der Waals surface area contributed by atoms with Crippen LogP contribution in [0.15, 0.2) is 18.2 Å². The van der Waals surface area contributed by atoms with Gasteiger partial charge in [-0.1, -0.05) is 12.5 Å². The van der Waals surface area contributed by atoms with E-state index in [1.165, 1.54) is 0 Å². The van der Waals surface area contributed by atoms with Crippen LogP contribution in [0, 0.1) is 13.0 Å². The summed E-state index contributed by atoms with van der Waals surface area (Å²) in [5.41, 5.74) is 1.80. The molecule has 1 amide bonds. The molecule has 1 aromatic carbocycles. The van der Waals surface area contributed by atoms with Gasteiger partial charge in [0.05, 0.1) is 0 Å². The summed E-state index contributed by atoms with van der Waals surface area (Å²) in [5.74, 6) is 0.130. The van der Waals surface area contributed by atoms with Crippen LogP contribution in [-0.4, -0.2) is 37.0 Å². The van der Waals surface area contributed by atoms with Crippen molar-refractivity contribution in [2.75, 3.05) is 26.2 Å². The van der Waals surface area contributed by atoms with Crippen LogP contribution in [0.1, 0.15) is 15.9 Å². The molecule has 83 valence electrons. The van der Waals surface area contributed by atoms with Gasteiger partial charge >= 0.3 is 0 Å². The summed E-state index contributed by atoms with van der Waals surface area (Å²) in [6.07, 6.45) is 0. The number of piperazine rings is 1. The van der Waals surface area contributed by atoms with Crippen molar-refractivity contribution in [3.8, 4) is 0 Å². The first kappa shape index (κ1) is 13.8.